The monoisotopic (exact) mass is 240 g/mol. The van der Waals surface area contributed by atoms with Gasteiger partial charge in [-0.1, -0.05) is 32.6 Å². The molecule has 0 amide bonds. The highest BCUT2D eigenvalue weighted by Crippen LogP contribution is 2.11. The standard InChI is InChI=1S/C15H32N2/c1-4-5-7-10-14(2)16-13-15(3)17-11-8-6-9-12-17/h14-16H,4-13H2,1-3H3. The zero-order valence-electron chi connectivity index (χ0n) is 12.2. The summed E-state index contributed by atoms with van der Waals surface area (Å²) in [5.74, 6) is 0. The fourth-order valence-corrected chi connectivity index (χ4v) is 2.66. The van der Waals surface area contributed by atoms with Gasteiger partial charge in [-0.15, -0.1) is 0 Å². The summed E-state index contributed by atoms with van der Waals surface area (Å²) in [4.78, 5) is 2.65. The zero-order chi connectivity index (χ0) is 12.5. The molecule has 1 rings (SSSR count). The minimum Gasteiger partial charge on any atom is -0.313 e. The molecule has 1 aliphatic rings. The Morgan fingerprint density at radius 2 is 1.76 bits per heavy atom. The first-order chi connectivity index (χ1) is 8.24. The molecule has 17 heavy (non-hydrogen) atoms. The molecule has 0 aromatic rings. The van der Waals surface area contributed by atoms with Crippen LogP contribution in [0, 0.1) is 0 Å². The van der Waals surface area contributed by atoms with Gasteiger partial charge in [0.05, 0.1) is 0 Å². The molecule has 0 saturated carbocycles. The van der Waals surface area contributed by atoms with Crippen molar-refractivity contribution in [2.75, 3.05) is 19.6 Å². The number of hydrogen-bond donors (Lipinski definition) is 1. The fourth-order valence-electron chi connectivity index (χ4n) is 2.66. The number of nitrogens with one attached hydrogen (secondary N) is 1. The molecule has 1 saturated heterocycles. The molecule has 2 nitrogen and oxygen atoms in total. The van der Waals surface area contributed by atoms with Crippen LogP contribution in [0.1, 0.15) is 65.7 Å². The Labute approximate surface area is 108 Å². The van der Waals surface area contributed by atoms with Gasteiger partial charge in [0.1, 0.15) is 0 Å². The van der Waals surface area contributed by atoms with E-state index in [1.54, 1.807) is 0 Å². The van der Waals surface area contributed by atoms with Crippen molar-refractivity contribution in [3.05, 3.63) is 0 Å². The normalized spacial score (nSPS) is 21.4. The van der Waals surface area contributed by atoms with E-state index in [9.17, 15) is 0 Å². The lowest BCUT2D eigenvalue weighted by Gasteiger charge is -2.33. The summed E-state index contributed by atoms with van der Waals surface area (Å²) in [5.41, 5.74) is 0. The van der Waals surface area contributed by atoms with Gasteiger partial charge in [-0.2, -0.15) is 0 Å². The summed E-state index contributed by atoms with van der Waals surface area (Å²) >= 11 is 0. The zero-order valence-corrected chi connectivity index (χ0v) is 12.2. The highest BCUT2D eigenvalue weighted by molar-refractivity contribution is 4.74. The molecule has 2 heteroatoms. The number of unbranched alkanes of at least 4 members (excludes halogenated alkanes) is 2. The Bertz CT molecular complexity index is 176. The third-order valence-corrected chi connectivity index (χ3v) is 4.02. The predicted octanol–water partition coefficient (Wildman–Crippen LogP) is 3.42. The number of hydrogen-bond acceptors (Lipinski definition) is 2. The third-order valence-electron chi connectivity index (χ3n) is 4.02. The Kier molecular flexibility index (Phi) is 7.87. The van der Waals surface area contributed by atoms with Crippen molar-refractivity contribution >= 4 is 0 Å². The van der Waals surface area contributed by atoms with Crippen molar-refractivity contribution < 1.29 is 0 Å². The van der Waals surface area contributed by atoms with Crippen LogP contribution in [-0.2, 0) is 0 Å². The highest BCUT2D eigenvalue weighted by Gasteiger charge is 2.16. The molecule has 102 valence electrons. The number of likely N-dealkylation sites (tertiary alicyclic amines) is 1. The van der Waals surface area contributed by atoms with E-state index >= 15 is 0 Å². The molecule has 1 heterocycles. The molecular formula is C15H32N2. The van der Waals surface area contributed by atoms with Crippen molar-refractivity contribution in [2.45, 2.75) is 77.8 Å². The largest absolute Gasteiger partial charge is 0.313 e. The summed E-state index contributed by atoms with van der Waals surface area (Å²) < 4.78 is 0. The lowest BCUT2D eigenvalue weighted by Crippen LogP contribution is -2.44. The van der Waals surface area contributed by atoms with Crippen LogP contribution in [0.4, 0.5) is 0 Å². The highest BCUT2D eigenvalue weighted by atomic mass is 15.2. The molecule has 1 N–H and O–H groups in total. The van der Waals surface area contributed by atoms with Crippen molar-refractivity contribution in [3.8, 4) is 0 Å². The smallest absolute Gasteiger partial charge is 0.0192 e. The first-order valence-corrected chi connectivity index (χ1v) is 7.71. The van der Waals surface area contributed by atoms with E-state index in [0.717, 1.165) is 6.54 Å². The number of piperidine rings is 1. The number of rotatable bonds is 8. The Morgan fingerprint density at radius 3 is 2.41 bits per heavy atom. The maximum atomic E-state index is 3.70. The Hall–Kier alpha value is -0.0800. The molecule has 1 fully saturated rings. The van der Waals surface area contributed by atoms with E-state index in [4.69, 9.17) is 0 Å². The van der Waals surface area contributed by atoms with Crippen LogP contribution in [-0.4, -0.2) is 36.6 Å². The molecule has 0 aliphatic carbocycles. The number of nitrogens with zero attached hydrogens (tertiary/aromatic N) is 1. The maximum absolute atomic E-state index is 3.70. The molecule has 0 aromatic heterocycles. The average Bonchev–Trinajstić information content (AvgIpc) is 2.37. The minimum atomic E-state index is 0.689. The van der Waals surface area contributed by atoms with Crippen LogP contribution in [0.15, 0.2) is 0 Å². The van der Waals surface area contributed by atoms with Gasteiger partial charge < -0.3 is 5.32 Å². The summed E-state index contributed by atoms with van der Waals surface area (Å²) in [7, 11) is 0. The van der Waals surface area contributed by atoms with E-state index in [2.05, 4.69) is 31.0 Å². The van der Waals surface area contributed by atoms with Gasteiger partial charge >= 0.3 is 0 Å². The maximum Gasteiger partial charge on any atom is 0.0192 e. The summed E-state index contributed by atoms with van der Waals surface area (Å²) in [6.07, 6.45) is 9.66. The summed E-state index contributed by atoms with van der Waals surface area (Å²) in [5, 5.41) is 3.70. The van der Waals surface area contributed by atoms with Crippen LogP contribution >= 0.6 is 0 Å². The van der Waals surface area contributed by atoms with Gasteiger partial charge in [0.25, 0.3) is 0 Å². The topological polar surface area (TPSA) is 15.3 Å². The van der Waals surface area contributed by atoms with Gasteiger partial charge in [0, 0.05) is 18.6 Å². The predicted molar refractivity (Wildman–Crippen MR) is 76.5 cm³/mol. The molecule has 0 spiro atoms. The molecule has 2 unspecified atom stereocenters. The van der Waals surface area contributed by atoms with Gasteiger partial charge in [-0.25, -0.2) is 0 Å². The van der Waals surface area contributed by atoms with Gasteiger partial charge in [0.2, 0.25) is 0 Å². The molecular weight excluding hydrogens is 208 g/mol. The Balaban J connectivity index is 2.07. The van der Waals surface area contributed by atoms with Crippen molar-refractivity contribution in [1.29, 1.82) is 0 Å². The first-order valence-electron chi connectivity index (χ1n) is 7.71. The van der Waals surface area contributed by atoms with Crippen molar-refractivity contribution in [2.24, 2.45) is 0 Å². The second-order valence-corrected chi connectivity index (χ2v) is 5.75. The second-order valence-electron chi connectivity index (χ2n) is 5.75. The third kappa shape index (κ3) is 6.42. The lowest BCUT2D eigenvalue weighted by molar-refractivity contribution is 0.168. The minimum absolute atomic E-state index is 0.689. The van der Waals surface area contributed by atoms with Crippen LogP contribution in [0.25, 0.3) is 0 Å². The van der Waals surface area contributed by atoms with E-state index in [-0.39, 0.29) is 0 Å². The van der Waals surface area contributed by atoms with Crippen LogP contribution in [0.2, 0.25) is 0 Å². The van der Waals surface area contributed by atoms with E-state index in [0.29, 0.717) is 12.1 Å². The van der Waals surface area contributed by atoms with Gasteiger partial charge in [-0.05, 0) is 46.2 Å². The van der Waals surface area contributed by atoms with Crippen molar-refractivity contribution in [1.82, 2.24) is 10.2 Å². The quantitative estimate of drug-likeness (QED) is 0.654. The van der Waals surface area contributed by atoms with Crippen LogP contribution in [0.5, 0.6) is 0 Å². The van der Waals surface area contributed by atoms with E-state index in [1.807, 2.05) is 0 Å². The molecule has 0 radical (unpaired) electrons. The molecule has 1 aliphatic heterocycles. The molecule has 0 aromatic carbocycles. The Morgan fingerprint density at radius 1 is 1.06 bits per heavy atom. The first kappa shape index (κ1) is 15.0. The fraction of sp³-hybridized carbons (Fsp3) is 1.00. The van der Waals surface area contributed by atoms with Gasteiger partial charge in [0.15, 0.2) is 0 Å². The van der Waals surface area contributed by atoms with Crippen molar-refractivity contribution in [3.63, 3.8) is 0 Å². The average molecular weight is 240 g/mol. The molecule has 0 bridgehead atoms. The SMILES string of the molecule is CCCCCC(C)NCC(C)N1CCCCC1. The van der Waals surface area contributed by atoms with Crippen LogP contribution < -0.4 is 5.32 Å². The molecule has 2 atom stereocenters. The summed E-state index contributed by atoms with van der Waals surface area (Å²) in [6, 6.07) is 1.40. The van der Waals surface area contributed by atoms with E-state index < -0.39 is 0 Å². The summed E-state index contributed by atoms with van der Waals surface area (Å²) in [6.45, 7) is 10.8. The second kappa shape index (κ2) is 8.93. The van der Waals surface area contributed by atoms with Gasteiger partial charge in [-0.3, -0.25) is 4.90 Å². The van der Waals surface area contributed by atoms with E-state index in [1.165, 1.54) is 58.0 Å². The van der Waals surface area contributed by atoms with Crippen LogP contribution in [0.3, 0.4) is 0 Å². The lowest BCUT2D eigenvalue weighted by atomic mass is 10.1.